The Balaban J connectivity index is 1.38. The van der Waals surface area contributed by atoms with Crippen molar-refractivity contribution in [1.82, 2.24) is 10.2 Å². The van der Waals surface area contributed by atoms with Gasteiger partial charge in [-0.05, 0) is 93.7 Å². The SMILES string of the molecule is CN(C)C(c1ccc(F)cc1)C1CCC(NC(=O)c2ccccc2NCS(=O)(=O)c2ccc(Cl)c(Cl)c2)CC1. The largest absolute Gasteiger partial charge is 0.371 e. The van der Waals surface area contributed by atoms with Gasteiger partial charge in [-0.3, -0.25) is 4.79 Å². The first-order chi connectivity index (χ1) is 18.5. The van der Waals surface area contributed by atoms with Gasteiger partial charge >= 0.3 is 0 Å². The quantitative estimate of drug-likeness (QED) is 0.294. The van der Waals surface area contributed by atoms with Gasteiger partial charge in [-0.25, -0.2) is 12.8 Å². The number of amides is 1. The normalized spacial score (nSPS) is 18.5. The van der Waals surface area contributed by atoms with E-state index in [1.54, 1.807) is 24.3 Å². The molecule has 3 aromatic rings. The van der Waals surface area contributed by atoms with E-state index >= 15 is 0 Å². The number of carbonyl (C=O) groups excluding carboxylic acids is 1. The van der Waals surface area contributed by atoms with Crippen molar-refractivity contribution in [3.8, 4) is 0 Å². The van der Waals surface area contributed by atoms with Crippen molar-refractivity contribution in [3.05, 3.63) is 93.7 Å². The number of carbonyl (C=O) groups is 1. The molecular formula is C29H32Cl2FN3O3S. The summed E-state index contributed by atoms with van der Waals surface area (Å²) >= 11 is 11.9. The Morgan fingerprint density at radius 1 is 0.974 bits per heavy atom. The van der Waals surface area contributed by atoms with Crippen LogP contribution in [0.25, 0.3) is 0 Å². The zero-order valence-electron chi connectivity index (χ0n) is 21.8. The fraction of sp³-hybridized carbons (Fsp3) is 0.345. The van der Waals surface area contributed by atoms with Gasteiger partial charge < -0.3 is 15.5 Å². The smallest absolute Gasteiger partial charge is 0.253 e. The molecular weight excluding hydrogens is 560 g/mol. The highest BCUT2D eigenvalue weighted by molar-refractivity contribution is 7.91. The molecule has 0 radical (unpaired) electrons. The number of nitrogens with zero attached hydrogens (tertiary/aromatic N) is 1. The maximum atomic E-state index is 13.4. The Morgan fingerprint density at radius 2 is 1.64 bits per heavy atom. The fourth-order valence-corrected chi connectivity index (χ4v) is 6.70. The fourth-order valence-electron chi connectivity index (χ4n) is 5.26. The molecule has 4 rings (SSSR count). The molecule has 0 saturated heterocycles. The number of halogens is 3. The maximum Gasteiger partial charge on any atom is 0.253 e. The molecule has 0 heterocycles. The molecule has 0 spiro atoms. The molecule has 1 atom stereocenters. The topological polar surface area (TPSA) is 78.5 Å². The van der Waals surface area contributed by atoms with Crippen molar-refractivity contribution < 1.29 is 17.6 Å². The molecule has 39 heavy (non-hydrogen) atoms. The number of rotatable bonds is 9. The van der Waals surface area contributed by atoms with Gasteiger partial charge in [0, 0.05) is 17.8 Å². The Kier molecular flexibility index (Phi) is 9.54. The number of sulfone groups is 1. The average molecular weight is 593 g/mol. The number of hydrogen-bond donors (Lipinski definition) is 2. The molecule has 1 fully saturated rings. The van der Waals surface area contributed by atoms with E-state index in [9.17, 15) is 17.6 Å². The lowest BCUT2D eigenvalue weighted by Gasteiger charge is -2.37. The zero-order chi connectivity index (χ0) is 28.2. The monoisotopic (exact) mass is 591 g/mol. The lowest BCUT2D eigenvalue weighted by Crippen LogP contribution is -2.40. The van der Waals surface area contributed by atoms with Crippen molar-refractivity contribution in [1.29, 1.82) is 0 Å². The van der Waals surface area contributed by atoms with Crippen LogP contribution in [0.5, 0.6) is 0 Å². The van der Waals surface area contributed by atoms with Gasteiger partial charge in [-0.15, -0.1) is 0 Å². The molecule has 10 heteroatoms. The van der Waals surface area contributed by atoms with Crippen molar-refractivity contribution >= 4 is 44.6 Å². The summed E-state index contributed by atoms with van der Waals surface area (Å²) in [5, 5.41) is 6.46. The van der Waals surface area contributed by atoms with Crippen LogP contribution in [0.3, 0.4) is 0 Å². The molecule has 0 aliphatic heterocycles. The Hall–Kier alpha value is -2.65. The molecule has 3 aromatic carbocycles. The number of hydrogen-bond acceptors (Lipinski definition) is 5. The van der Waals surface area contributed by atoms with Gasteiger partial charge in [0.2, 0.25) is 0 Å². The minimum atomic E-state index is -3.72. The van der Waals surface area contributed by atoms with Gasteiger partial charge in [0.25, 0.3) is 5.91 Å². The number of nitrogens with one attached hydrogen (secondary N) is 2. The van der Waals surface area contributed by atoms with Crippen molar-refractivity contribution in [3.63, 3.8) is 0 Å². The van der Waals surface area contributed by atoms with Gasteiger partial charge in [-0.1, -0.05) is 47.5 Å². The zero-order valence-corrected chi connectivity index (χ0v) is 24.2. The van der Waals surface area contributed by atoms with Crippen LogP contribution in [0, 0.1) is 11.7 Å². The van der Waals surface area contributed by atoms with E-state index < -0.39 is 15.7 Å². The Morgan fingerprint density at radius 3 is 2.28 bits per heavy atom. The summed E-state index contributed by atoms with van der Waals surface area (Å²) in [5.74, 6) is -0.518. The molecule has 6 nitrogen and oxygen atoms in total. The van der Waals surface area contributed by atoms with Crippen LogP contribution in [-0.4, -0.2) is 45.2 Å². The third kappa shape index (κ3) is 7.31. The van der Waals surface area contributed by atoms with Crippen LogP contribution in [0.1, 0.15) is 47.6 Å². The minimum absolute atomic E-state index is 0.0118. The van der Waals surface area contributed by atoms with Crippen molar-refractivity contribution in [2.24, 2.45) is 5.92 Å². The van der Waals surface area contributed by atoms with Gasteiger partial charge in [0.15, 0.2) is 9.84 Å². The number of para-hydroxylation sites is 1. The van der Waals surface area contributed by atoms with Crippen molar-refractivity contribution in [2.75, 3.05) is 25.3 Å². The molecule has 1 saturated carbocycles. The number of benzene rings is 3. The first-order valence-corrected chi connectivity index (χ1v) is 15.2. The lowest BCUT2D eigenvalue weighted by atomic mass is 9.78. The van der Waals surface area contributed by atoms with Crippen LogP contribution >= 0.6 is 23.2 Å². The summed E-state index contributed by atoms with van der Waals surface area (Å²) in [7, 11) is 0.346. The Labute approximate surface area is 239 Å². The molecule has 208 valence electrons. The molecule has 2 N–H and O–H groups in total. The summed E-state index contributed by atoms with van der Waals surface area (Å²) in [5.41, 5.74) is 1.89. The first-order valence-electron chi connectivity index (χ1n) is 12.8. The van der Waals surface area contributed by atoms with E-state index in [2.05, 4.69) is 15.5 Å². The lowest BCUT2D eigenvalue weighted by molar-refractivity contribution is 0.0907. The van der Waals surface area contributed by atoms with Gasteiger partial charge in [0.05, 0.1) is 20.5 Å². The highest BCUT2D eigenvalue weighted by Crippen LogP contribution is 2.37. The third-order valence-electron chi connectivity index (χ3n) is 7.20. The summed E-state index contributed by atoms with van der Waals surface area (Å²) in [6.07, 6.45) is 3.49. The predicted molar refractivity (Wildman–Crippen MR) is 155 cm³/mol. The second-order valence-corrected chi connectivity index (χ2v) is 12.9. The van der Waals surface area contributed by atoms with Gasteiger partial charge in [-0.2, -0.15) is 0 Å². The number of anilines is 1. The van der Waals surface area contributed by atoms with Crippen LogP contribution in [0.2, 0.25) is 10.0 Å². The summed E-state index contributed by atoms with van der Waals surface area (Å²) in [4.78, 5) is 15.4. The van der Waals surface area contributed by atoms with E-state index in [-0.39, 0.29) is 38.7 Å². The van der Waals surface area contributed by atoms with Crippen LogP contribution in [0.15, 0.2) is 71.6 Å². The molecule has 1 aliphatic carbocycles. The van der Waals surface area contributed by atoms with E-state index in [4.69, 9.17) is 23.2 Å². The van der Waals surface area contributed by atoms with E-state index in [0.717, 1.165) is 31.2 Å². The van der Waals surface area contributed by atoms with E-state index in [1.807, 2.05) is 26.2 Å². The molecule has 1 unspecified atom stereocenters. The predicted octanol–water partition coefficient (Wildman–Crippen LogP) is 6.57. The average Bonchev–Trinajstić information content (AvgIpc) is 2.91. The van der Waals surface area contributed by atoms with Crippen LogP contribution in [-0.2, 0) is 9.84 Å². The summed E-state index contributed by atoms with van der Waals surface area (Å²) in [6, 6.07) is 17.9. The van der Waals surface area contributed by atoms with Crippen molar-refractivity contribution in [2.45, 2.75) is 42.7 Å². The molecule has 1 amide bonds. The molecule has 1 aliphatic rings. The highest BCUT2D eigenvalue weighted by atomic mass is 35.5. The first kappa shape index (κ1) is 29.3. The standard InChI is InChI=1S/C29H32Cl2FN3O3S/c1-35(2)28(19-7-11-21(32)12-8-19)20-9-13-22(14-10-20)34-29(36)24-5-3-4-6-27(24)33-18-39(37,38)23-15-16-25(30)26(31)17-23/h3-8,11-12,15-17,20,22,28,33H,9-10,13-14,18H2,1-2H3,(H,34,36). The van der Waals surface area contributed by atoms with E-state index in [1.165, 1.54) is 30.3 Å². The summed E-state index contributed by atoms with van der Waals surface area (Å²) in [6.45, 7) is 0. The second-order valence-electron chi connectivity index (χ2n) is 10.1. The highest BCUT2D eigenvalue weighted by Gasteiger charge is 2.31. The molecule has 0 aromatic heterocycles. The van der Waals surface area contributed by atoms with Gasteiger partial charge in [0.1, 0.15) is 11.7 Å². The van der Waals surface area contributed by atoms with E-state index in [0.29, 0.717) is 17.2 Å². The Bertz CT molecular complexity index is 1410. The molecule has 0 bridgehead atoms. The second kappa shape index (κ2) is 12.7. The minimum Gasteiger partial charge on any atom is -0.371 e. The summed E-state index contributed by atoms with van der Waals surface area (Å²) < 4.78 is 39.1. The van der Waals surface area contributed by atoms with Crippen LogP contribution in [0.4, 0.5) is 10.1 Å². The third-order valence-corrected chi connectivity index (χ3v) is 9.43. The van der Waals surface area contributed by atoms with Crippen LogP contribution < -0.4 is 10.6 Å². The maximum absolute atomic E-state index is 13.4.